The van der Waals surface area contributed by atoms with Crippen LogP contribution in [0.15, 0.2) is 66.5 Å². The summed E-state index contributed by atoms with van der Waals surface area (Å²) in [5.74, 6) is -0.764. The molecular formula is C27H24N4O5. The van der Waals surface area contributed by atoms with Crippen molar-refractivity contribution >= 4 is 34.4 Å². The molecule has 1 saturated heterocycles. The second-order valence-corrected chi connectivity index (χ2v) is 8.29. The Morgan fingerprint density at radius 3 is 2.44 bits per heavy atom. The quantitative estimate of drug-likeness (QED) is 0.240. The summed E-state index contributed by atoms with van der Waals surface area (Å²) in [4.78, 5) is 39.8. The van der Waals surface area contributed by atoms with E-state index in [2.05, 4.69) is 15.0 Å². The fraction of sp³-hybridized carbons (Fsp3) is 0.185. The molecule has 1 unspecified atom stereocenters. The molecule has 9 nitrogen and oxygen atoms in total. The number of carbonyl (C=O) groups excluding carboxylic acids is 2. The maximum atomic E-state index is 13.4. The third-order valence-electron chi connectivity index (χ3n) is 6.28. The van der Waals surface area contributed by atoms with Crippen LogP contribution in [-0.2, 0) is 16.0 Å². The summed E-state index contributed by atoms with van der Waals surface area (Å²) in [6.07, 6.45) is 3.99. The number of hydrogen-bond acceptors (Lipinski definition) is 7. The van der Waals surface area contributed by atoms with Gasteiger partial charge in [-0.3, -0.25) is 19.5 Å². The van der Waals surface area contributed by atoms with Crippen molar-refractivity contribution in [3.05, 3.63) is 83.2 Å². The minimum atomic E-state index is -0.936. The van der Waals surface area contributed by atoms with Gasteiger partial charge in [-0.05, 0) is 23.6 Å². The van der Waals surface area contributed by atoms with E-state index in [0.29, 0.717) is 33.7 Å². The van der Waals surface area contributed by atoms with Gasteiger partial charge in [-0.15, -0.1) is 0 Å². The van der Waals surface area contributed by atoms with Gasteiger partial charge in [0, 0.05) is 30.1 Å². The van der Waals surface area contributed by atoms with Gasteiger partial charge in [0.2, 0.25) is 5.95 Å². The number of H-pyrrole nitrogens is 1. The smallest absolute Gasteiger partial charge is 0.302 e. The number of ether oxygens (including phenoxy) is 2. The summed E-state index contributed by atoms with van der Waals surface area (Å²) < 4.78 is 10.7. The number of ketones is 1. The van der Waals surface area contributed by atoms with E-state index in [0.717, 1.165) is 12.0 Å². The Morgan fingerprint density at radius 2 is 1.81 bits per heavy atom. The fourth-order valence-electron chi connectivity index (χ4n) is 4.40. The van der Waals surface area contributed by atoms with Crippen LogP contribution in [0.5, 0.6) is 11.5 Å². The van der Waals surface area contributed by atoms with E-state index in [-0.39, 0.29) is 17.3 Å². The molecule has 9 heteroatoms. The second kappa shape index (κ2) is 9.18. The number of fused-ring (bicyclic) bond motifs is 1. The predicted molar refractivity (Wildman–Crippen MR) is 134 cm³/mol. The maximum Gasteiger partial charge on any atom is 0.302 e. The highest BCUT2D eigenvalue weighted by atomic mass is 16.5. The Balaban J connectivity index is 1.69. The van der Waals surface area contributed by atoms with E-state index in [1.807, 2.05) is 19.1 Å². The first-order valence-corrected chi connectivity index (χ1v) is 11.4. The fourth-order valence-corrected chi connectivity index (χ4v) is 4.40. The van der Waals surface area contributed by atoms with Crippen molar-refractivity contribution in [1.82, 2.24) is 15.0 Å². The zero-order valence-corrected chi connectivity index (χ0v) is 20.0. The topological polar surface area (TPSA) is 118 Å². The van der Waals surface area contributed by atoms with Gasteiger partial charge in [0.15, 0.2) is 11.5 Å². The second-order valence-electron chi connectivity index (χ2n) is 8.29. The minimum absolute atomic E-state index is 0.0344. The summed E-state index contributed by atoms with van der Waals surface area (Å²) >= 11 is 0. The molecule has 1 aliphatic rings. The number of Topliss-reactive ketones (excluding diaryl/α,β-unsaturated/α-hetero) is 1. The lowest BCUT2D eigenvalue weighted by Crippen LogP contribution is -2.30. The number of aromatic nitrogens is 3. The predicted octanol–water partition coefficient (Wildman–Crippen LogP) is 4.16. The molecule has 5 rings (SSSR count). The Kier molecular flexibility index (Phi) is 5.89. The van der Waals surface area contributed by atoms with E-state index >= 15 is 0 Å². The lowest BCUT2D eigenvalue weighted by molar-refractivity contribution is -0.132. The van der Waals surface area contributed by atoms with Gasteiger partial charge in [0.1, 0.15) is 5.76 Å². The maximum absolute atomic E-state index is 13.4. The van der Waals surface area contributed by atoms with Gasteiger partial charge in [-0.25, -0.2) is 4.98 Å². The van der Waals surface area contributed by atoms with Gasteiger partial charge in [0.25, 0.3) is 5.78 Å². The van der Waals surface area contributed by atoms with Crippen LogP contribution >= 0.6 is 0 Å². The Hall–Kier alpha value is -4.66. The highest BCUT2D eigenvalue weighted by Gasteiger charge is 2.48. The molecule has 1 atom stereocenters. The van der Waals surface area contributed by atoms with Crippen LogP contribution in [-0.4, -0.2) is 46.0 Å². The average Bonchev–Trinajstić information content (AvgIpc) is 3.45. The monoisotopic (exact) mass is 484 g/mol. The zero-order valence-electron chi connectivity index (χ0n) is 20.0. The molecule has 0 bridgehead atoms. The van der Waals surface area contributed by atoms with Gasteiger partial charge < -0.3 is 19.6 Å². The number of rotatable bonds is 6. The molecule has 1 amide bonds. The Bertz CT molecular complexity index is 1450. The van der Waals surface area contributed by atoms with Gasteiger partial charge in [-0.1, -0.05) is 37.3 Å². The number of aromatic amines is 1. The molecule has 2 N–H and O–H groups in total. The summed E-state index contributed by atoms with van der Waals surface area (Å²) in [5, 5.41) is 11.2. The van der Waals surface area contributed by atoms with E-state index in [4.69, 9.17) is 9.47 Å². The number of imidazole rings is 1. The Morgan fingerprint density at radius 1 is 1.08 bits per heavy atom. The third kappa shape index (κ3) is 3.74. The van der Waals surface area contributed by atoms with Crippen LogP contribution in [0.4, 0.5) is 5.95 Å². The minimum Gasteiger partial charge on any atom is -0.507 e. The number of aliphatic hydroxyl groups excluding tert-OH is 1. The lowest BCUT2D eigenvalue weighted by atomic mass is 9.96. The highest BCUT2D eigenvalue weighted by Crippen LogP contribution is 2.42. The molecule has 182 valence electrons. The van der Waals surface area contributed by atoms with Crippen molar-refractivity contribution in [2.24, 2.45) is 0 Å². The SMILES string of the molecule is CCc1ccc(/C(O)=C2\C(=O)C(=O)N(c3nc4cc(OC)c(OC)cc4[nH]3)C2c2cccnc2)cc1. The summed E-state index contributed by atoms with van der Waals surface area (Å²) in [6.45, 7) is 2.03. The van der Waals surface area contributed by atoms with Crippen LogP contribution in [0.3, 0.4) is 0 Å². The number of nitrogens with zero attached hydrogens (tertiary/aromatic N) is 3. The molecule has 0 radical (unpaired) electrons. The van der Waals surface area contributed by atoms with Crippen molar-refractivity contribution in [1.29, 1.82) is 0 Å². The van der Waals surface area contributed by atoms with E-state index < -0.39 is 17.7 Å². The van der Waals surface area contributed by atoms with Crippen LogP contribution < -0.4 is 14.4 Å². The first-order valence-electron chi connectivity index (χ1n) is 11.4. The molecule has 0 saturated carbocycles. The van der Waals surface area contributed by atoms with Crippen molar-refractivity contribution in [2.45, 2.75) is 19.4 Å². The van der Waals surface area contributed by atoms with Crippen LogP contribution in [0.2, 0.25) is 0 Å². The molecule has 36 heavy (non-hydrogen) atoms. The lowest BCUT2D eigenvalue weighted by Gasteiger charge is -2.22. The summed E-state index contributed by atoms with van der Waals surface area (Å²) in [5.41, 5.74) is 3.16. The number of pyridine rings is 1. The average molecular weight is 485 g/mol. The summed E-state index contributed by atoms with van der Waals surface area (Å²) in [6, 6.07) is 13.1. The number of methoxy groups -OCH3 is 2. The molecule has 3 heterocycles. The van der Waals surface area contributed by atoms with E-state index in [1.165, 1.54) is 19.1 Å². The number of amides is 1. The molecule has 2 aromatic heterocycles. The molecular weight excluding hydrogens is 460 g/mol. The number of nitrogens with one attached hydrogen (secondary N) is 1. The number of aryl methyl sites for hydroxylation is 1. The highest BCUT2D eigenvalue weighted by molar-refractivity contribution is 6.51. The third-order valence-corrected chi connectivity index (χ3v) is 6.28. The molecule has 1 aliphatic heterocycles. The Labute approximate surface area is 207 Å². The van der Waals surface area contributed by atoms with Crippen molar-refractivity contribution in [3.63, 3.8) is 0 Å². The number of anilines is 1. The zero-order chi connectivity index (χ0) is 25.4. The number of hydrogen-bond donors (Lipinski definition) is 2. The van der Waals surface area contributed by atoms with Crippen LogP contribution in [0.1, 0.15) is 29.7 Å². The largest absolute Gasteiger partial charge is 0.507 e. The van der Waals surface area contributed by atoms with Gasteiger partial charge >= 0.3 is 5.91 Å². The van der Waals surface area contributed by atoms with Gasteiger partial charge in [-0.2, -0.15) is 0 Å². The molecule has 2 aromatic carbocycles. The van der Waals surface area contributed by atoms with Crippen molar-refractivity contribution in [2.75, 3.05) is 19.1 Å². The molecule has 4 aromatic rings. The number of carbonyl (C=O) groups is 2. The van der Waals surface area contributed by atoms with Crippen LogP contribution in [0.25, 0.3) is 16.8 Å². The van der Waals surface area contributed by atoms with Crippen molar-refractivity contribution in [3.8, 4) is 11.5 Å². The summed E-state index contributed by atoms with van der Waals surface area (Å²) in [7, 11) is 3.04. The molecule has 0 aliphatic carbocycles. The van der Waals surface area contributed by atoms with Gasteiger partial charge in [0.05, 0.1) is 36.9 Å². The number of aliphatic hydroxyl groups is 1. The molecule has 1 fully saturated rings. The first kappa shape index (κ1) is 23.1. The standard InChI is InChI=1S/C27H24N4O5/c1-4-15-7-9-16(10-8-15)24(32)22-23(17-6-5-11-28-14-17)31(26(34)25(22)33)27-29-18-12-20(35-2)21(36-3)13-19(18)30-27/h5-14,23,32H,4H2,1-3H3,(H,29,30)/b24-22+. The molecule has 0 spiro atoms. The van der Waals surface area contributed by atoms with E-state index in [1.54, 1.807) is 48.8 Å². The first-order chi connectivity index (χ1) is 17.5. The normalized spacial score (nSPS) is 17.1. The van der Waals surface area contributed by atoms with E-state index in [9.17, 15) is 14.7 Å². The number of benzene rings is 2. The van der Waals surface area contributed by atoms with Crippen LogP contribution in [0, 0.1) is 0 Å². The van der Waals surface area contributed by atoms with Crippen molar-refractivity contribution < 1.29 is 24.2 Å².